The van der Waals surface area contributed by atoms with E-state index in [1.54, 1.807) is 25.6 Å². The third-order valence-corrected chi connectivity index (χ3v) is 6.40. The SMILES string of the molecule is Cc1nn(C)c(C)c1NS(=O)(=O)c1ccc(OCC2CCOCC2)c(C(=O)O)c1. The van der Waals surface area contributed by atoms with Gasteiger partial charge in [-0.1, -0.05) is 0 Å². The van der Waals surface area contributed by atoms with Gasteiger partial charge in [0.2, 0.25) is 0 Å². The van der Waals surface area contributed by atoms with Gasteiger partial charge in [-0.2, -0.15) is 5.10 Å². The molecule has 0 spiro atoms. The Labute approximate surface area is 169 Å². The molecule has 0 radical (unpaired) electrons. The molecule has 0 bridgehead atoms. The lowest BCUT2D eigenvalue weighted by Gasteiger charge is -2.22. The molecule has 9 nitrogen and oxygen atoms in total. The Bertz CT molecular complexity index is 1010. The minimum atomic E-state index is -3.99. The maximum absolute atomic E-state index is 12.8. The van der Waals surface area contributed by atoms with E-state index in [0.717, 1.165) is 18.9 Å². The summed E-state index contributed by atoms with van der Waals surface area (Å²) in [6.45, 7) is 5.13. The molecule has 1 aromatic heterocycles. The van der Waals surface area contributed by atoms with Crippen LogP contribution in [0.4, 0.5) is 5.69 Å². The third-order valence-electron chi connectivity index (χ3n) is 5.05. The summed E-state index contributed by atoms with van der Waals surface area (Å²) in [6, 6.07) is 3.85. The summed E-state index contributed by atoms with van der Waals surface area (Å²) in [5.74, 6) is -0.818. The Morgan fingerprint density at radius 3 is 2.62 bits per heavy atom. The molecule has 2 aromatic rings. The molecule has 1 saturated heterocycles. The Morgan fingerprint density at radius 1 is 1.34 bits per heavy atom. The van der Waals surface area contributed by atoms with Crippen LogP contribution in [0.2, 0.25) is 0 Å². The number of hydrogen-bond donors (Lipinski definition) is 2. The molecule has 10 heteroatoms. The molecule has 2 heterocycles. The van der Waals surface area contributed by atoms with Crippen molar-refractivity contribution in [3.8, 4) is 5.75 Å². The number of carboxylic acids is 1. The third kappa shape index (κ3) is 4.70. The highest BCUT2D eigenvalue weighted by atomic mass is 32.2. The van der Waals surface area contributed by atoms with Crippen molar-refractivity contribution >= 4 is 21.7 Å². The van der Waals surface area contributed by atoms with Crippen molar-refractivity contribution in [2.45, 2.75) is 31.6 Å². The molecular weight excluding hydrogens is 398 g/mol. The summed E-state index contributed by atoms with van der Waals surface area (Å²) in [4.78, 5) is 11.5. The maximum Gasteiger partial charge on any atom is 0.339 e. The average Bonchev–Trinajstić information content (AvgIpc) is 2.92. The first-order valence-electron chi connectivity index (χ1n) is 9.30. The van der Waals surface area contributed by atoms with Gasteiger partial charge in [0.25, 0.3) is 10.0 Å². The predicted molar refractivity (Wildman–Crippen MR) is 106 cm³/mol. The molecule has 0 atom stereocenters. The molecule has 3 rings (SSSR count). The van der Waals surface area contributed by atoms with Crippen LogP contribution in [-0.4, -0.2) is 49.1 Å². The van der Waals surface area contributed by atoms with E-state index in [1.807, 2.05) is 0 Å². The number of carboxylic acid groups (broad SMARTS) is 1. The van der Waals surface area contributed by atoms with E-state index in [4.69, 9.17) is 9.47 Å². The van der Waals surface area contributed by atoms with Crippen molar-refractivity contribution in [1.29, 1.82) is 0 Å². The second-order valence-electron chi connectivity index (χ2n) is 7.10. The first-order chi connectivity index (χ1) is 13.7. The second-order valence-corrected chi connectivity index (χ2v) is 8.79. The molecule has 1 aliphatic rings. The Hall–Kier alpha value is -2.59. The van der Waals surface area contributed by atoms with Gasteiger partial charge in [0.05, 0.1) is 28.6 Å². The van der Waals surface area contributed by atoms with Gasteiger partial charge in [0, 0.05) is 20.3 Å². The molecule has 1 aliphatic heterocycles. The molecule has 1 aromatic carbocycles. The van der Waals surface area contributed by atoms with Crippen molar-refractivity contribution in [2.75, 3.05) is 24.5 Å². The Balaban J connectivity index is 1.83. The van der Waals surface area contributed by atoms with E-state index in [-0.39, 0.29) is 22.1 Å². The van der Waals surface area contributed by atoms with Gasteiger partial charge in [-0.3, -0.25) is 9.40 Å². The molecule has 0 aliphatic carbocycles. The van der Waals surface area contributed by atoms with E-state index in [9.17, 15) is 18.3 Å². The van der Waals surface area contributed by atoms with Crippen LogP contribution in [0.3, 0.4) is 0 Å². The zero-order valence-corrected chi connectivity index (χ0v) is 17.5. The van der Waals surface area contributed by atoms with Crippen molar-refractivity contribution in [1.82, 2.24) is 9.78 Å². The fourth-order valence-corrected chi connectivity index (χ4v) is 4.41. The van der Waals surface area contributed by atoms with Crippen molar-refractivity contribution in [2.24, 2.45) is 13.0 Å². The van der Waals surface area contributed by atoms with Crippen LogP contribution in [0, 0.1) is 19.8 Å². The van der Waals surface area contributed by atoms with Crippen molar-refractivity contribution < 1.29 is 27.8 Å². The molecule has 158 valence electrons. The molecule has 1 fully saturated rings. The zero-order chi connectivity index (χ0) is 21.2. The number of sulfonamides is 1. The number of aromatic nitrogens is 2. The molecule has 0 amide bonds. The van der Waals surface area contributed by atoms with Gasteiger partial charge >= 0.3 is 5.97 Å². The van der Waals surface area contributed by atoms with Gasteiger partial charge in [-0.05, 0) is 50.8 Å². The van der Waals surface area contributed by atoms with E-state index >= 15 is 0 Å². The lowest BCUT2D eigenvalue weighted by Crippen LogP contribution is -2.22. The van der Waals surface area contributed by atoms with Crippen molar-refractivity contribution in [3.05, 3.63) is 35.2 Å². The smallest absolute Gasteiger partial charge is 0.339 e. The first kappa shape index (κ1) is 21.1. The highest BCUT2D eigenvalue weighted by Gasteiger charge is 2.23. The number of anilines is 1. The molecule has 0 unspecified atom stereocenters. The minimum absolute atomic E-state index is 0.150. The van der Waals surface area contributed by atoms with Gasteiger partial charge < -0.3 is 14.6 Å². The zero-order valence-electron chi connectivity index (χ0n) is 16.6. The summed E-state index contributed by atoms with van der Waals surface area (Å²) >= 11 is 0. The number of hydrogen-bond acceptors (Lipinski definition) is 6. The molecular formula is C19H25N3O6S. The van der Waals surface area contributed by atoms with Gasteiger partial charge in [-0.25, -0.2) is 13.2 Å². The summed E-state index contributed by atoms with van der Waals surface area (Å²) in [7, 11) is -2.28. The predicted octanol–water partition coefficient (Wildman–Crippen LogP) is 2.34. The lowest BCUT2D eigenvalue weighted by atomic mass is 10.0. The van der Waals surface area contributed by atoms with Crippen LogP contribution < -0.4 is 9.46 Å². The highest BCUT2D eigenvalue weighted by Crippen LogP contribution is 2.27. The number of benzene rings is 1. The Kier molecular flexibility index (Phi) is 6.13. The van der Waals surface area contributed by atoms with Gasteiger partial charge in [0.1, 0.15) is 11.3 Å². The van der Waals surface area contributed by atoms with Crippen molar-refractivity contribution in [3.63, 3.8) is 0 Å². The monoisotopic (exact) mass is 423 g/mol. The van der Waals surface area contributed by atoms with E-state index in [2.05, 4.69) is 9.82 Å². The van der Waals surface area contributed by atoms with Gasteiger partial charge in [0.15, 0.2) is 0 Å². The standard InChI is InChI=1S/C19H25N3O6S/c1-12-18(13(2)22(3)20-12)21-29(25,26)15-4-5-17(16(10-15)19(23)24)28-11-14-6-8-27-9-7-14/h4-5,10,14,21H,6-9,11H2,1-3H3,(H,23,24). The minimum Gasteiger partial charge on any atom is -0.492 e. The summed E-state index contributed by atoms with van der Waals surface area (Å²) in [5, 5.41) is 13.7. The lowest BCUT2D eigenvalue weighted by molar-refractivity contribution is 0.0490. The van der Waals surface area contributed by atoms with Crippen LogP contribution in [-0.2, 0) is 21.8 Å². The average molecular weight is 423 g/mol. The maximum atomic E-state index is 12.8. The Morgan fingerprint density at radius 2 is 2.03 bits per heavy atom. The van der Waals surface area contributed by atoms with Crippen LogP contribution in [0.15, 0.2) is 23.1 Å². The van der Waals surface area contributed by atoms with Crippen LogP contribution >= 0.6 is 0 Å². The second kappa shape index (κ2) is 8.42. The summed E-state index contributed by atoms with van der Waals surface area (Å²) in [6.07, 6.45) is 1.70. The normalized spacial score (nSPS) is 15.3. The fourth-order valence-electron chi connectivity index (χ4n) is 3.20. The summed E-state index contributed by atoms with van der Waals surface area (Å²) < 4.78 is 40.7. The molecule has 0 saturated carbocycles. The topological polar surface area (TPSA) is 120 Å². The van der Waals surface area contributed by atoms with Crippen LogP contribution in [0.25, 0.3) is 0 Å². The largest absolute Gasteiger partial charge is 0.492 e. The van der Waals surface area contributed by atoms with Crippen LogP contribution in [0.5, 0.6) is 5.75 Å². The molecule has 29 heavy (non-hydrogen) atoms. The number of carbonyl (C=O) groups is 1. The quantitative estimate of drug-likeness (QED) is 0.701. The fraction of sp³-hybridized carbons (Fsp3) is 0.474. The number of aromatic carboxylic acids is 1. The number of nitrogens with zero attached hydrogens (tertiary/aromatic N) is 2. The van der Waals surface area contributed by atoms with E-state index < -0.39 is 16.0 Å². The van der Waals surface area contributed by atoms with E-state index in [1.165, 1.54) is 12.1 Å². The van der Waals surface area contributed by atoms with Crippen LogP contribution in [0.1, 0.15) is 34.6 Å². The first-order valence-corrected chi connectivity index (χ1v) is 10.8. The van der Waals surface area contributed by atoms with Gasteiger partial charge in [-0.15, -0.1) is 0 Å². The number of aryl methyl sites for hydroxylation is 2. The number of nitrogens with one attached hydrogen (secondary N) is 1. The van der Waals surface area contributed by atoms with E-state index in [0.29, 0.717) is 36.9 Å². The molecule has 2 N–H and O–H groups in total. The number of ether oxygens (including phenoxy) is 2. The number of rotatable bonds is 7. The summed E-state index contributed by atoms with van der Waals surface area (Å²) in [5.41, 5.74) is 1.37. The highest BCUT2D eigenvalue weighted by molar-refractivity contribution is 7.92.